The number of rotatable bonds is 4. The van der Waals surface area contributed by atoms with E-state index in [1.807, 2.05) is 48.5 Å². The van der Waals surface area contributed by atoms with Crippen molar-refractivity contribution in [1.29, 1.82) is 0 Å². The van der Waals surface area contributed by atoms with Crippen molar-refractivity contribution in [1.82, 2.24) is 0 Å². The van der Waals surface area contributed by atoms with Gasteiger partial charge in [0, 0.05) is 16.8 Å². The van der Waals surface area contributed by atoms with E-state index in [1.165, 1.54) is 5.56 Å². The zero-order valence-corrected chi connectivity index (χ0v) is 15.4. The maximum Gasteiger partial charge on any atom is 0.147 e. The van der Waals surface area contributed by atoms with E-state index in [1.54, 1.807) is 0 Å². The third kappa shape index (κ3) is 3.23. The lowest BCUT2D eigenvalue weighted by molar-refractivity contribution is 0.586. The van der Waals surface area contributed by atoms with Gasteiger partial charge in [-0.05, 0) is 37.5 Å². The minimum absolute atomic E-state index is 0.558. The van der Waals surface area contributed by atoms with Crippen molar-refractivity contribution in [3.05, 3.63) is 95.1 Å². The molecule has 0 radical (unpaired) electrons. The SMILES string of the molecule is Cc1cc(C)c(P(=O)(Cc2ccccc2)c2ccccc2)c(C)c1. The summed E-state index contributed by atoms with van der Waals surface area (Å²) in [4.78, 5) is 0. The largest absolute Gasteiger partial charge is 0.313 e. The molecule has 0 N–H and O–H groups in total. The Morgan fingerprint density at radius 1 is 0.750 bits per heavy atom. The van der Waals surface area contributed by atoms with Crippen LogP contribution in [0.4, 0.5) is 0 Å². The Balaban J connectivity index is 2.22. The third-order valence-electron chi connectivity index (χ3n) is 4.42. The normalized spacial score (nSPS) is 13.5. The first-order valence-corrected chi connectivity index (χ1v) is 10.2. The molecule has 1 nitrogen and oxygen atoms in total. The molecular formula is C22H23OP. The maximum absolute atomic E-state index is 14.3. The van der Waals surface area contributed by atoms with Crippen LogP contribution in [0.3, 0.4) is 0 Å². The zero-order chi connectivity index (χ0) is 17.2. The average molecular weight is 334 g/mol. The molecule has 0 saturated carbocycles. The van der Waals surface area contributed by atoms with Gasteiger partial charge in [0.2, 0.25) is 0 Å². The maximum atomic E-state index is 14.3. The van der Waals surface area contributed by atoms with E-state index in [9.17, 15) is 4.57 Å². The molecule has 0 heterocycles. The lowest BCUT2D eigenvalue weighted by Crippen LogP contribution is -2.22. The predicted molar refractivity (Wildman–Crippen MR) is 104 cm³/mol. The van der Waals surface area contributed by atoms with Gasteiger partial charge in [-0.3, -0.25) is 0 Å². The van der Waals surface area contributed by atoms with E-state index in [4.69, 9.17) is 0 Å². The Labute approximate surface area is 144 Å². The van der Waals surface area contributed by atoms with Gasteiger partial charge in [-0.25, -0.2) is 0 Å². The van der Waals surface area contributed by atoms with Crippen LogP contribution < -0.4 is 10.6 Å². The number of aryl methyl sites for hydroxylation is 3. The first-order chi connectivity index (χ1) is 11.5. The van der Waals surface area contributed by atoms with E-state index in [2.05, 4.69) is 45.0 Å². The van der Waals surface area contributed by atoms with Crippen LogP contribution in [0.5, 0.6) is 0 Å². The minimum atomic E-state index is -2.74. The lowest BCUT2D eigenvalue weighted by atomic mass is 10.1. The van der Waals surface area contributed by atoms with Crippen LogP contribution in [0.15, 0.2) is 72.8 Å². The molecule has 0 aliphatic carbocycles. The van der Waals surface area contributed by atoms with Crippen molar-refractivity contribution in [3.8, 4) is 0 Å². The van der Waals surface area contributed by atoms with Gasteiger partial charge < -0.3 is 4.57 Å². The monoisotopic (exact) mass is 334 g/mol. The molecule has 1 atom stereocenters. The summed E-state index contributed by atoms with van der Waals surface area (Å²) in [7, 11) is -2.74. The fraction of sp³-hybridized carbons (Fsp3) is 0.182. The van der Waals surface area contributed by atoms with Crippen molar-refractivity contribution in [2.75, 3.05) is 0 Å². The highest BCUT2D eigenvalue weighted by Gasteiger charge is 2.30. The highest BCUT2D eigenvalue weighted by molar-refractivity contribution is 7.78. The highest BCUT2D eigenvalue weighted by atomic mass is 31.2. The molecule has 0 aliphatic rings. The third-order valence-corrected chi connectivity index (χ3v) is 7.79. The first kappa shape index (κ1) is 16.7. The Morgan fingerprint density at radius 2 is 1.25 bits per heavy atom. The Bertz CT molecular complexity index is 859. The molecule has 3 rings (SSSR count). The van der Waals surface area contributed by atoms with Crippen LogP contribution in [0.1, 0.15) is 22.3 Å². The van der Waals surface area contributed by atoms with E-state index >= 15 is 0 Å². The standard InChI is InChI=1S/C22H23OP/c1-17-14-18(2)22(19(3)15-17)24(23,21-12-8-5-9-13-21)16-20-10-6-4-7-11-20/h4-15H,16H2,1-3H3. The summed E-state index contributed by atoms with van der Waals surface area (Å²) < 4.78 is 14.3. The highest BCUT2D eigenvalue weighted by Crippen LogP contribution is 2.48. The quantitative estimate of drug-likeness (QED) is 0.605. The summed E-state index contributed by atoms with van der Waals surface area (Å²) in [6.07, 6.45) is 0.558. The molecular weight excluding hydrogens is 311 g/mol. The zero-order valence-electron chi connectivity index (χ0n) is 14.5. The molecule has 3 aromatic carbocycles. The van der Waals surface area contributed by atoms with Crippen molar-refractivity contribution in [3.63, 3.8) is 0 Å². The molecule has 0 spiro atoms. The first-order valence-electron chi connectivity index (χ1n) is 8.28. The Morgan fingerprint density at radius 3 is 1.79 bits per heavy atom. The minimum Gasteiger partial charge on any atom is -0.313 e. The summed E-state index contributed by atoms with van der Waals surface area (Å²) in [5.74, 6) is 0. The molecule has 24 heavy (non-hydrogen) atoms. The topological polar surface area (TPSA) is 17.1 Å². The second kappa shape index (κ2) is 6.79. The molecule has 0 fully saturated rings. The van der Waals surface area contributed by atoms with Crippen LogP contribution in [0.2, 0.25) is 0 Å². The molecule has 3 aromatic rings. The number of hydrogen-bond donors (Lipinski definition) is 0. The molecule has 2 heteroatoms. The van der Waals surface area contributed by atoms with Crippen LogP contribution >= 0.6 is 7.14 Å². The molecule has 0 aliphatic heterocycles. The predicted octanol–water partition coefficient (Wildman–Crippen LogP) is 5.13. The van der Waals surface area contributed by atoms with E-state index < -0.39 is 7.14 Å². The Kier molecular flexibility index (Phi) is 4.73. The van der Waals surface area contributed by atoms with Crippen molar-refractivity contribution < 1.29 is 4.57 Å². The molecule has 0 aromatic heterocycles. The van der Waals surface area contributed by atoms with Gasteiger partial charge in [0.05, 0.1) is 0 Å². The molecule has 0 bridgehead atoms. The summed E-state index contributed by atoms with van der Waals surface area (Å²) >= 11 is 0. The molecule has 122 valence electrons. The van der Waals surface area contributed by atoms with Crippen molar-refractivity contribution >= 4 is 17.8 Å². The van der Waals surface area contributed by atoms with Crippen LogP contribution in [-0.2, 0) is 10.7 Å². The van der Waals surface area contributed by atoms with Gasteiger partial charge in [0.25, 0.3) is 0 Å². The van der Waals surface area contributed by atoms with E-state index in [-0.39, 0.29) is 0 Å². The second-order valence-electron chi connectivity index (χ2n) is 6.47. The summed E-state index contributed by atoms with van der Waals surface area (Å²) in [6.45, 7) is 6.25. The average Bonchev–Trinajstić information content (AvgIpc) is 2.55. The van der Waals surface area contributed by atoms with Crippen LogP contribution in [-0.4, -0.2) is 0 Å². The van der Waals surface area contributed by atoms with Crippen LogP contribution in [0, 0.1) is 20.8 Å². The molecule has 0 amide bonds. The van der Waals surface area contributed by atoms with Gasteiger partial charge in [0.1, 0.15) is 7.14 Å². The number of benzene rings is 3. The van der Waals surface area contributed by atoms with Gasteiger partial charge >= 0.3 is 0 Å². The number of hydrogen-bond acceptors (Lipinski definition) is 1. The van der Waals surface area contributed by atoms with E-state index in [0.717, 1.165) is 27.3 Å². The molecule has 0 saturated heterocycles. The summed E-state index contributed by atoms with van der Waals surface area (Å²) in [5, 5.41) is 1.95. The summed E-state index contributed by atoms with van der Waals surface area (Å²) in [6, 6.07) is 24.4. The smallest absolute Gasteiger partial charge is 0.147 e. The van der Waals surface area contributed by atoms with Gasteiger partial charge in [-0.2, -0.15) is 0 Å². The molecule has 1 unspecified atom stereocenters. The van der Waals surface area contributed by atoms with Crippen LogP contribution in [0.25, 0.3) is 0 Å². The van der Waals surface area contributed by atoms with Gasteiger partial charge in [0.15, 0.2) is 0 Å². The van der Waals surface area contributed by atoms with Gasteiger partial charge in [-0.1, -0.05) is 78.4 Å². The fourth-order valence-electron chi connectivity index (χ4n) is 3.55. The van der Waals surface area contributed by atoms with Crippen molar-refractivity contribution in [2.45, 2.75) is 26.9 Å². The summed E-state index contributed by atoms with van der Waals surface area (Å²) in [5.41, 5.74) is 4.57. The lowest BCUT2D eigenvalue weighted by Gasteiger charge is -2.24. The van der Waals surface area contributed by atoms with E-state index in [0.29, 0.717) is 6.16 Å². The second-order valence-corrected chi connectivity index (χ2v) is 9.23. The fourth-order valence-corrected chi connectivity index (χ4v) is 6.80. The Hall–Kier alpha value is -2.11. The van der Waals surface area contributed by atoms with Gasteiger partial charge in [-0.15, -0.1) is 0 Å². The van der Waals surface area contributed by atoms with Crippen molar-refractivity contribution in [2.24, 2.45) is 0 Å².